The van der Waals surface area contributed by atoms with Gasteiger partial charge in [-0.25, -0.2) is 0 Å². The van der Waals surface area contributed by atoms with Crippen molar-refractivity contribution >= 4 is 0 Å². The topological polar surface area (TPSA) is 31.5 Å². The van der Waals surface area contributed by atoms with Crippen LogP contribution in [0.5, 0.6) is 0 Å². The minimum Gasteiger partial charge on any atom is -0.412 e. The van der Waals surface area contributed by atoms with Gasteiger partial charge in [0.1, 0.15) is 0 Å². The van der Waals surface area contributed by atoms with E-state index in [1.807, 2.05) is 0 Å². The summed E-state index contributed by atoms with van der Waals surface area (Å²) in [7, 11) is 0. The van der Waals surface area contributed by atoms with Crippen LogP contribution in [0.4, 0.5) is 0 Å². The van der Waals surface area contributed by atoms with E-state index in [0.29, 0.717) is 0 Å². The fourth-order valence-corrected chi connectivity index (χ4v) is 0. The molecule has 26 valence electrons. The van der Waals surface area contributed by atoms with Crippen LogP contribution in [0.25, 0.3) is 0 Å². The minimum absolute atomic E-state index is 0. The Morgan fingerprint density at radius 1 is 0.750 bits per heavy atom. The Balaban J connectivity index is 0. The Morgan fingerprint density at radius 3 is 0.750 bits per heavy atom. The van der Waals surface area contributed by atoms with Crippen LogP contribution in [0.2, 0.25) is 0 Å². The van der Waals surface area contributed by atoms with Crippen LogP contribution >= 0.6 is 0 Å². The molecule has 2 heteroatoms. The van der Waals surface area contributed by atoms with E-state index in [9.17, 15) is 0 Å². The first kappa shape index (κ1) is 78.8. The van der Waals surface area contributed by atoms with Gasteiger partial charge in [0.15, 0.2) is 0 Å². The largest absolute Gasteiger partial charge is 2.00 e. The first-order valence-corrected chi connectivity index (χ1v) is 0. The van der Waals surface area contributed by atoms with Crippen molar-refractivity contribution in [3.8, 4) is 0 Å². The van der Waals surface area contributed by atoms with Crippen molar-refractivity contribution in [1.29, 1.82) is 0 Å². The summed E-state index contributed by atoms with van der Waals surface area (Å²) in [4.78, 5) is 0. The van der Waals surface area contributed by atoms with Crippen molar-refractivity contribution in [2.45, 2.75) is 0 Å². The molecule has 0 radical (unpaired) electrons. The molecular formula is C2H8OU. The zero-order chi connectivity index (χ0) is 0. The van der Waals surface area contributed by atoms with Crippen molar-refractivity contribution < 1.29 is 36.6 Å². The smallest absolute Gasteiger partial charge is 0.412 e. The second-order valence-electron chi connectivity index (χ2n) is 0. The predicted molar refractivity (Wildman–Crippen MR) is 16.4 cm³/mol. The molecular weight excluding hydrogens is 278 g/mol. The Morgan fingerprint density at radius 2 is 0.750 bits per heavy atom. The molecule has 0 aromatic carbocycles. The molecule has 0 aromatic rings. The van der Waals surface area contributed by atoms with Crippen molar-refractivity contribution in [2.24, 2.45) is 0 Å². The molecule has 1 nitrogen and oxygen atoms in total. The van der Waals surface area contributed by atoms with Crippen LogP contribution in [0.15, 0.2) is 0 Å². The molecule has 0 bridgehead atoms. The summed E-state index contributed by atoms with van der Waals surface area (Å²) >= 11 is 0. The predicted octanol–water partition coefficient (Wildman–Crippen LogP) is 0.0759. The van der Waals surface area contributed by atoms with Gasteiger partial charge in [0.05, 0.1) is 0 Å². The molecule has 0 rings (SSSR count). The van der Waals surface area contributed by atoms with Crippen LogP contribution in [0, 0.1) is 46.0 Å². The summed E-state index contributed by atoms with van der Waals surface area (Å²) in [5.41, 5.74) is 0. The van der Waals surface area contributed by atoms with Gasteiger partial charge in [0.2, 0.25) is 0 Å². The summed E-state index contributed by atoms with van der Waals surface area (Å²) < 4.78 is 0. The van der Waals surface area contributed by atoms with Crippen molar-refractivity contribution in [1.82, 2.24) is 0 Å². The molecule has 4 heavy (non-hydrogen) atoms. The fraction of sp³-hybridized carbons (Fsp3) is 0. The zero-order valence-electron chi connectivity index (χ0n) is 3.00. The Bertz CT molecular complexity index is 6.00. The third kappa shape index (κ3) is 11.9. The van der Waals surface area contributed by atoms with Crippen molar-refractivity contribution in [3.63, 3.8) is 0 Å². The average molecular weight is 286 g/mol. The van der Waals surface area contributed by atoms with Gasteiger partial charge in [-0.2, -0.15) is 0 Å². The fourth-order valence-electron chi connectivity index (χ4n) is 0. The summed E-state index contributed by atoms with van der Waals surface area (Å²) in [5.74, 6) is 0. The van der Waals surface area contributed by atoms with E-state index in [4.69, 9.17) is 0 Å². The summed E-state index contributed by atoms with van der Waals surface area (Å²) in [5, 5.41) is 0. The monoisotopic (exact) mass is 286 g/mol. The van der Waals surface area contributed by atoms with E-state index in [2.05, 4.69) is 0 Å². The number of rotatable bonds is 0. The summed E-state index contributed by atoms with van der Waals surface area (Å²) in [6.45, 7) is 0. The zero-order valence-corrected chi connectivity index (χ0v) is 7.16. The molecule has 0 unspecified atom stereocenters. The van der Waals surface area contributed by atoms with Gasteiger partial charge in [-0.3, -0.25) is 0 Å². The number of hydrogen-bond donors (Lipinski definition) is 0. The SMILES string of the molecule is O.[CH3-].[CH3-].[U+2]. The van der Waals surface area contributed by atoms with Crippen molar-refractivity contribution in [2.75, 3.05) is 0 Å². The maximum Gasteiger partial charge on any atom is 2.00 e. The quantitative estimate of drug-likeness (QED) is 0.565. The molecule has 0 saturated carbocycles. The molecule has 0 atom stereocenters. The second-order valence-corrected chi connectivity index (χ2v) is 0. The van der Waals surface area contributed by atoms with E-state index in [-0.39, 0.29) is 51.4 Å². The molecule has 0 aliphatic carbocycles. The Hall–Kier alpha value is 1.01. The van der Waals surface area contributed by atoms with E-state index >= 15 is 0 Å². The first-order valence-electron chi connectivity index (χ1n) is 0. The standard InChI is InChI=1S/2CH3.H2O.U/h2*1H3;1H2;/q2*-1;;+2. The van der Waals surface area contributed by atoms with Crippen LogP contribution in [0.1, 0.15) is 0 Å². The average Bonchev–Trinajstić information content (AvgIpc) is 0. The normalized spacial score (nSPS) is 0. The van der Waals surface area contributed by atoms with Gasteiger partial charge in [-0.15, -0.1) is 0 Å². The third-order valence-corrected chi connectivity index (χ3v) is 0. The second kappa shape index (κ2) is 35.5. The molecule has 0 amide bonds. The summed E-state index contributed by atoms with van der Waals surface area (Å²) in [6, 6.07) is 0. The van der Waals surface area contributed by atoms with Crippen LogP contribution in [-0.4, -0.2) is 5.48 Å². The van der Waals surface area contributed by atoms with E-state index < -0.39 is 0 Å². The van der Waals surface area contributed by atoms with Gasteiger partial charge in [0.25, 0.3) is 0 Å². The molecule has 0 saturated heterocycles. The van der Waals surface area contributed by atoms with Crippen LogP contribution in [-0.2, 0) is 0 Å². The maximum atomic E-state index is 0. The van der Waals surface area contributed by atoms with Gasteiger partial charge in [-0.1, -0.05) is 0 Å². The first-order chi connectivity index (χ1) is 0. The van der Waals surface area contributed by atoms with E-state index in [0.717, 1.165) is 0 Å². The molecule has 0 heterocycles. The molecule has 0 aromatic heterocycles. The van der Waals surface area contributed by atoms with E-state index in [1.54, 1.807) is 0 Å². The summed E-state index contributed by atoms with van der Waals surface area (Å²) in [6.07, 6.45) is 0. The Kier molecular flexibility index (Phi) is 700. The maximum absolute atomic E-state index is 0. The van der Waals surface area contributed by atoms with Gasteiger partial charge in [0, 0.05) is 0 Å². The molecule has 2 N–H and O–H groups in total. The Labute approximate surface area is 51.5 Å². The van der Waals surface area contributed by atoms with Gasteiger partial charge < -0.3 is 20.3 Å². The van der Waals surface area contributed by atoms with Crippen LogP contribution in [0.3, 0.4) is 0 Å². The van der Waals surface area contributed by atoms with Gasteiger partial charge in [-0.05, 0) is 0 Å². The third-order valence-electron chi connectivity index (χ3n) is 0. The minimum atomic E-state index is 0. The van der Waals surface area contributed by atoms with Crippen LogP contribution < -0.4 is 0 Å². The molecule has 0 aliphatic heterocycles. The molecule has 0 fully saturated rings. The number of hydrogen-bond acceptors (Lipinski definition) is 0. The molecule has 0 aliphatic rings. The van der Waals surface area contributed by atoms with Gasteiger partial charge >= 0.3 is 31.1 Å². The van der Waals surface area contributed by atoms with Crippen molar-refractivity contribution in [3.05, 3.63) is 14.9 Å². The molecule has 0 spiro atoms. The van der Waals surface area contributed by atoms with E-state index in [1.165, 1.54) is 0 Å².